The number of hydrogen-bond donors (Lipinski definition) is 1. The summed E-state index contributed by atoms with van der Waals surface area (Å²) in [7, 11) is -1.77. The van der Waals surface area contributed by atoms with Gasteiger partial charge in [0.25, 0.3) is 10.0 Å². The molecule has 0 amide bonds. The summed E-state index contributed by atoms with van der Waals surface area (Å²) < 4.78 is 26.9. The second-order valence-corrected chi connectivity index (χ2v) is 9.01. The molecule has 2 heterocycles. The van der Waals surface area contributed by atoms with Gasteiger partial charge in [0.05, 0.1) is 0 Å². The van der Waals surface area contributed by atoms with Gasteiger partial charge < -0.3 is 5.32 Å². The third-order valence-corrected chi connectivity index (χ3v) is 7.14. The predicted molar refractivity (Wildman–Crippen MR) is 89.3 cm³/mol. The minimum atomic E-state index is -3.39. The number of rotatable bonds is 8. The Morgan fingerprint density at radius 2 is 2.14 bits per heavy atom. The van der Waals surface area contributed by atoms with E-state index in [4.69, 9.17) is 0 Å². The summed E-state index contributed by atoms with van der Waals surface area (Å²) in [5.41, 5.74) is 1.02. The van der Waals surface area contributed by atoms with Crippen molar-refractivity contribution in [2.75, 3.05) is 13.6 Å². The quantitative estimate of drug-likeness (QED) is 0.749. The van der Waals surface area contributed by atoms with Crippen LogP contribution in [0.4, 0.5) is 0 Å². The zero-order chi connectivity index (χ0) is 15.3. The minimum absolute atomic E-state index is 0.412. The van der Waals surface area contributed by atoms with E-state index >= 15 is 0 Å². The first-order valence-electron chi connectivity index (χ1n) is 6.81. The molecule has 21 heavy (non-hydrogen) atoms. The van der Waals surface area contributed by atoms with E-state index in [0.717, 1.165) is 23.4 Å². The number of nitrogens with one attached hydrogen (secondary N) is 1. The van der Waals surface area contributed by atoms with E-state index in [2.05, 4.69) is 12.2 Å². The Hall–Kier alpha value is -0.730. The molecule has 0 unspecified atom stereocenters. The second kappa shape index (κ2) is 7.51. The number of thiophene rings is 2. The van der Waals surface area contributed by atoms with Gasteiger partial charge in [-0.15, -0.1) is 22.7 Å². The molecule has 4 nitrogen and oxygen atoms in total. The average molecular weight is 345 g/mol. The highest BCUT2D eigenvalue weighted by Crippen LogP contribution is 2.25. The van der Waals surface area contributed by atoms with Gasteiger partial charge in [-0.25, -0.2) is 8.42 Å². The zero-order valence-corrected chi connectivity index (χ0v) is 14.7. The predicted octanol–water partition coefficient (Wildman–Crippen LogP) is 3.13. The maximum Gasteiger partial charge on any atom is 0.252 e. The van der Waals surface area contributed by atoms with Crippen molar-refractivity contribution in [3.05, 3.63) is 39.4 Å². The van der Waals surface area contributed by atoms with Gasteiger partial charge in [0.15, 0.2) is 0 Å². The molecule has 0 fully saturated rings. The van der Waals surface area contributed by atoms with Gasteiger partial charge in [0.1, 0.15) is 4.21 Å². The highest BCUT2D eigenvalue weighted by atomic mass is 32.2. The molecule has 0 saturated heterocycles. The van der Waals surface area contributed by atoms with Crippen LogP contribution in [0.5, 0.6) is 0 Å². The molecule has 0 aliphatic carbocycles. The Balaban J connectivity index is 2.04. The van der Waals surface area contributed by atoms with Crippen LogP contribution in [0.1, 0.15) is 23.8 Å². The smallest absolute Gasteiger partial charge is 0.252 e. The Morgan fingerprint density at radius 3 is 2.81 bits per heavy atom. The van der Waals surface area contributed by atoms with Crippen LogP contribution in [0.25, 0.3) is 0 Å². The Bertz CT molecular complexity index is 648. The molecule has 116 valence electrons. The Labute approximate surface area is 134 Å². The maximum absolute atomic E-state index is 12.5. The summed E-state index contributed by atoms with van der Waals surface area (Å²) in [5, 5.41) is 7.15. The van der Waals surface area contributed by atoms with E-state index in [9.17, 15) is 8.42 Å². The highest BCUT2D eigenvalue weighted by Gasteiger charge is 2.23. The van der Waals surface area contributed by atoms with E-state index in [1.54, 1.807) is 24.5 Å². The van der Waals surface area contributed by atoms with Crippen LogP contribution < -0.4 is 5.32 Å². The van der Waals surface area contributed by atoms with Crippen molar-refractivity contribution in [2.24, 2.45) is 0 Å². The topological polar surface area (TPSA) is 49.4 Å². The van der Waals surface area contributed by atoms with Crippen molar-refractivity contribution >= 4 is 32.7 Å². The van der Waals surface area contributed by atoms with Gasteiger partial charge in [-0.3, -0.25) is 0 Å². The molecule has 2 aromatic rings. The lowest BCUT2D eigenvalue weighted by Crippen LogP contribution is -2.25. The highest BCUT2D eigenvalue weighted by molar-refractivity contribution is 7.91. The fourth-order valence-corrected chi connectivity index (χ4v) is 5.26. The third-order valence-electron chi connectivity index (χ3n) is 3.01. The fourth-order valence-electron chi connectivity index (χ4n) is 1.85. The molecule has 2 rings (SSSR count). The molecule has 2 aromatic heterocycles. The summed E-state index contributed by atoms with van der Waals surface area (Å²) in [4.78, 5) is 1.04. The molecule has 0 aliphatic rings. The summed E-state index contributed by atoms with van der Waals surface area (Å²) >= 11 is 2.86. The van der Waals surface area contributed by atoms with Gasteiger partial charge in [0, 0.05) is 25.0 Å². The first kappa shape index (κ1) is 16.6. The van der Waals surface area contributed by atoms with Crippen molar-refractivity contribution in [1.82, 2.24) is 9.62 Å². The second-order valence-electron chi connectivity index (χ2n) is 4.79. The molecule has 7 heteroatoms. The minimum Gasteiger partial charge on any atom is -0.313 e. The van der Waals surface area contributed by atoms with Crippen LogP contribution in [0.15, 0.2) is 33.2 Å². The SMILES string of the molecule is CCCNCc1csc(S(=O)(=O)N(C)Cc2cccs2)c1. The Morgan fingerprint density at radius 1 is 1.33 bits per heavy atom. The van der Waals surface area contributed by atoms with E-state index in [0.29, 0.717) is 17.3 Å². The average Bonchev–Trinajstić information content (AvgIpc) is 3.10. The van der Waals surface area contributed by atoms with Crippen molar-refractivity contribution in [2.45, 2.75) is 30.6 Å². The Kier molecular flexibility index (Phi) is 5.95. The van der Waals surface area contributed by atoms with Crippen LogP contribution in [-0.2, 0) is 23.1 Å². The van der Waals surface area contributed by atoms with E-state index in [1.165, 1.54) is 15.6 Å². The van der Waals surface area contributed by atoms with Gasteiger partial charge in [0.2, 0.25) is 0 Å². The standard InChI is InChI=1S/C14H20N2O2S3/c1-3-6-15-9-12-8-14(20-11-12)21(17,18)16(2)10-13-5-4-7-19-13/h4-5,7-8,11,15H,3,6,9-10H2,1-2H3. The molecule has 0 bridgehead atoms. The molecule has 0 atom stereocenters. The number of sulfonamides is 1. The van der Waals surface area contributed by atoms with E-state index in [-0.39, 0.29) is 0 Å². The van der Waals surface area contributed by atoms with Gasteiger partial charge >= 0.3 is 0 Å². The lowest BCUT2D eigenvalue weighted by Gasteiger charge is -2.14. The largest absolute Gasteiger partial charge is 0.313 e. The molecule has 0 spiro atoms. The molecule has 0 aliphatic heterocycles. The van der Waals surface area contributed by atoms with E-state index < -0.39 is 10.0 Å². The van der Waals surface area contributed by atoms with Crippen molar-refractivity contribution in [3.8, 4) is 0 Å². The molecule has 0 radical (unpaired) electrons. The van der Waals surface area contributed by atoms with Gasteiger partial charge in [-0.2, -0.15) is 4.31 Å². The normalized spacial score (nSPS) is 12.1. The summed E-state index contributed by atoms with van der Waals surface area (Å²) in [6.45, 7) is 4.18. The van der Waals surface area contributed by atoms with Gasteiger partial charge in [-0.1, -0.05) is 13.0 Å². The molecule has 1 N–H and O–H groups in total. The number of nitrogens with zero attached hydrogens (tertiary/aromatic N) is 1. The molecular formula is C14H20N2O2S3. The van der Waals surface area contributed by atoms with Crippen molar-refractivity contribution < 1.29 is 8.42 Å². The first-order valence-corrected chi connectivity index (χ1v) is 10.0. The summed E-state index contributed by atoms with van der Waals surface area (Å²) in [6, 6.07) is 5.65. The fraction of sp³-hybridized carbons (Fsp3) is 0.429. The monoisotopic (exact) mass is 344 g/mol. The van der Waals surface area contributed by atoms with Crippen LogP contribution >= 0.6 is 22.7 Å². The zero-order valence-electron chi connectivity index (χ0n) is 12.2. The van der Waals surface area contributed by atoms with Crippen LogP contribution in [0.3, 0.4) is 0 Å². The lowest BCUT2D eigenvalue weighted by atomic mass is 10.3. The van der Waals surface area contributed by atoms with Crippen molar-refractivity contribution in [1.29, 1.82) is 0 Å². The maximum atomic E-state index is 12.5. The summed E-state index contributed by atoms with van der Waals surface area (Å²) in [6.07, 6.45) is 1.07. The molecule has 0 saturated carbocycles. The number of hydrogen-bond acceptors (Lipinski definition) is 5. The summed E-state index contributed by atoms with van der Waals surface area (Å²) in [5.74, 6) is 0. The van der Waals surface area contributed by atoms with Crippen LogP contribution in [0, 0.1) is 0 Å². The van der Waals surface area contributed by atoms with Gasteiger partial charge in [-0.05, 0) is 41.4 Å². The lowest BCUT2D eigenvalue weighted by molar-refractivity contribution is 0.471. The third kappa shape index (κ3) is 4.37. The van der Waals surface area contributed by atoms with Crippen LogP contribution in [-0.4, -0.2) is 26.3 Å². The van der Waals surface area contributed by atoms with Crippen molar-refractivity contribution in [3.63, 3.8) is 0 Å². The van der Waals surface area contributed by atoms with E-state index in [1.807, 2.05) is 22.9 Å². The van der Waals surface area contributed by atoms with Crippen LogP contribution in [0.2, 0.25) is 0 Å². The first-order chi connectivity index (χ1) is 10.0. The molecule has 0 aromatic carbocycles. The molecular weight excluding hydrogens is 324 g/mol.